The quantitative estimate of drug-likeness (QED) is 0.452. The van der Waals surface area contributed by atoms with Crippen molar-refractivity contribution in [2.75, 3.05) is 6.61 Å². The first-order valence-corrected chi connectivity index (χ1v) is 13.8. The summed E-state index contributed by atoms with van der Waals surface area (Å²) in [6.45, 7) is 19.7. The Bertz CT molecular complexity index is 786. The highest BCUT2D eigenvalue weighted by Gasteiger charge is 2.70. The first-order valence-electron chi connectivity index (χ1n) is 13.8. The molecule has 0 heterocycles. The summed E-state index contributed by atoms with van der Waals surface area (Å²) in [5.74, 6) is 3.33. The van der Waals surface area contributed by atoms with Crippen LogP contribution in [-0.2, 0) is 0 Å². The Balaban J connectivity index is 1.55. The molecule has 2 nitrogen and oxygen atoms in total. The maximum atomic E-state index is 10.9. The number of aliphatic hydroxyl groups is 2. The Hall–Kier alpha value is -0.340. The fourth-order valence-electron chi connectivity index (χ4n) is 11.5. The molecule has 0 aliphatic heterocycles. The molecule has 0 radical (unpaired) electrons. The third kappa shape index (κ3) is 2.66. The lowest BCUT2D eigenvalue weighted by Gasteiger charge is -2.73. The van der Waals surface area contributed by atoms with Crippen LogP contribution in [0.25, 0.3) is 0 Å². The Kier molecular flexibility index (Phi) is 5.19. The number of rotatable bonds is 2. The van der Waals surface area contributed by atoms with Crippen LogP contribution in [0.5, 0.6) is 0 Å². The summed E-state index contributed by atoms with van der Waals surface area (Å²) in [6, 6.07) is 0. The molecule has 0 saturated heterocycles. The van der Waals surface area contributed by atoms with Gasteiger partial charge in [-0.1, -0.05) is 46.8 Å². The van der Waals surface area contributed by atoms with Gasteiger partial charge in [0.15, 0.2) is 0 Å². The zero-order valence-corrected chi connectivity index (χ0v) is 21.8. The molecule has 5 fully saturated rings. The molecule has 5 rings (SSSR count). The molecule has 0 aromatic rings. The number of hydrogen-bond acceptors (Lipinski definition) is 2. The van der Waals surface area contributed by atoms with Gasteiger partial charge >= 0.3 is 0 Å². The summed E-state index contributed by atoms with van der Waals surface area (Å²) in [5.41, 5.74) is 2.60. The predicted octanol–water partition coefficient (Wildman–Crippen LogP) is 7.00. The van der Waals surface area contributed by atoms with Crippen LogP contribution in [-0.4, -0.2) is 22.9 Å². The van der Waals surface area contributed by atoms with E-state index in [1.165, 1.54) is 63.4 Å². The van der Waals surface area contributed by atoms with Gasteiger partial charge in [0.2, 0.25) is 0 Å². The van der Waals surface area contributed by atoms with Crippen molar-refractivity contribution in [2.24, 2.45) is 56.7 Å². The van der Waals surface area contributed by atoms with Gasteiger partial charge in [-0.25, -0.2) is 0 Å². The third-order valence-corrected chi connectivity index (χ3v) is 13.5. The number of hydrogen-bond donors (Lipinski definition) is 2. The van der Waals surface area contributed by atoms with Gasteiger partial charge < -0.3 is 10.2 Å². The van der Waals surface area contributed by atoms with Crippen molar-refractivity contribution >= 4 is 0 Å². The number of fused-ring (bicyclic) bond motifs is 7. The average Bonchev–Trinajstić information content (AvgIpc) is 3.12. The second-order valence-electron chi connectivity index (χ2n) is 14.6. The van der Waals surface area contributed by atoms with Crippen LogP contribution in [0.3, 0.4) is 0 Å². The summed E-state index contributed by atoms with van der Waals surface area (Å²) in [6.07, 6.45) is 12.2. The van der Waals surface area contributed by atoms with Gasteiger partial charge in [-0.3, -0.25) is 0 Å². The Morgan fingerprint density at radius 2 is 1.53 bits per heavy atom. The molecule has 5 aliphatic carbocycles. The molecule has 32 heavy (non-hydrogen) atoms. The molecular weight excluding hydrogens is 392 g/mol. The first-order chi connectivity index (χ1) is 14.9. The van der Waals surface area contributed by atoms with Gasteiger partial charge in [-0.2, -0.15) is 0 Å². The van der Waals surface area contributed by atoms with Crippen LogP contribution in [0.15, 0.2) is 12.2 Å². The summed E-state index contributed by atoms with van der Waals surface area (Å²) < 4.78 is 0. The second kappa shape index (κ2) is 7.09. The summed E-state index contributed by atoms with van der Waals surface area (Å²) in [7, 11) is 0. The fourth-order valence-corrected chi connectivity index (χ4v) is 11.5. The molecule has 10 atom stereocenters. The summed E-state index contributed by atoms with van der Waals surface area (Å²) >= 11 is 0. The monoisotopic (exact) mass is 442 g/mol. The average molecular weight is 443 g/mol. The molecule has 0 aromatic heterocycles. The first kappa shape index (κ1) is 23.4. The lowest BCUT2D eigenvalue weighted by molar-refractivity contribution is -0.249. The van der Waals surface area contributed by atoms with E-state index in [0.29, 0.717) is 40.6 Å². The fraction of sp³-hybridized carbons (Fsp3) is 0.933. The Morgan fingerprint density at radius 3 is 2.19 bits per heavy atom. The van der Waals surface area contributed by atoms with Crippen LogP contribution >= 0.6 is 0 Å². The van der Waals surface area contributed by atoms with E-state index < -0.39 is 0 Å². The molecule has 5 aliphatic rings. The maximum absolute atomic E-state index is 10.9. The highest BCUT2D eigenvalue weighted by atomic mass is 16.3. The van der Waals surface area contributed by atoms with E-state index in [1.54, 1.807) is 0 Å². The summed E-state index contributed by atoms with van der Waals surface area (Å²) in [4.78, 5) is 0. The normalized spacial score (nSPS) is 56.5. The van der Waals surface area contributed by atoms with E-state index in [0.717, 1.165) is 18.3 Å². The van der Waals surface area contributed by atoms with Crippen molar-refractivity contribution in [2.45, 2.75) is 112 Å². The van der Waals surface area contributed by atoms with Gasteiger partial charge in [0.25, 0.3) is 0 Å². The van der Waals surface area contributed by atoms with E-state index in [-0.39, 0.29) is 16.9 Å². The second-order valence-corrected chi connectivity index (χ2v) is 14.6. The zero-order valence-electron chi connectivity index (χ0n) is 21.8. The molecule has 0 bridgehead atoms. The molecule has 5 saturated carbocycles. The van der Waals surface area contributed by atoms with Crippen molar-refractivity contribution in [3.05, 3.63) is 12.2 Å². The third-order valence-electron chi connectivity index (χ3n) is 13.5. The molecule has 0 spiro atoms. The van der Waals surface area contributed by atoms with E-state index in [2.05, 4.69) is 48.1 Å². The van der Waals surface area contributed by atoms with E-state index in [9.17, 15) is 10.2 Å². The standard InChI is InChI=1S/C30H50O2/c1-19(2)20-10-15-30(18-31)17-16-28(6)21(25(20)30)8-9-23-27(5)13-12-24(32)26(3,4)22(27)11-14-29(23,28)7/h20-25,31-32H,1,8-18H2,2-7H3/t20-,21-,22-,23+,24+,25-,27+,28-,29+,30+/m1/s1. The van der Waals surface area contributed by atoms with Crippen LogP contribution in [0.2, 0.25) is 0 Å². The van der Waals surface area contributed by atoms with Gasteiger partial charge in [0.1, 0.15) is 0 Å². The molecule has 0 amide bonds. The lowest BCUT2D eigenvalue weighted by Crippen LogP contribution is -2.66. The Morgan fingerprint density at radius 1 is 0.812 bits per heavy atom. The molecule has 2 N–H and O–H groups in total. The Labute approximate surface area is 197 Å². The molecule has 0 unspecified atom stereocenters. The van der Waals surface area contributed by atoms with E-state index in [1.807, 2.05) is 0 Å². The number of aliphatic hydroxyl groups excluding tert-OH is 2. The highest BCUT2D eigenvalue weighted by Crippen LogP contribution is 2.77. The van der Waals surface area contributed by atoms with Crippen LogP contribution in [0, 0.1) is 56.7 Å². The molecule has 0 aromatic carbocycles. The summed E-state index contributed by atoms with van der Waals surface area (Å²) in [5, 5.41) is 21.5. The van der Waals surface area contributed by atoms with Gasteiger partial charge in [0.05, 0.1) is 6.10 Å². The smallest absolute Gasteiger partial charge is 0.0594 e. The van der Waals surface area contributed by atoms with Crippen molar-refractivity contribution < 1.29 is 10.2 Å². The minimum Gasteiger partial charge on any atom is -0.396 e. The van der Waals surface area contributed by atoms with Gasteiger partial charge in [0, 0.05) is 6.61 Å². The maximum Gasteiger partial charge on any atom is 0.0594 e. The highest BCUT2D eigenvalue weighted by molar-refractivity contribution is 5.21. The van der Waals surface area contributed by atoms with Crippen molar-refractivity contribution in [3.8, 4) is 0 Å². The lowest BCUT2D eigenvalue weighted by atomic mass is 9.32. The van der Waals surface area contributed by atoms with E-state index in [4.69, 9.17) is 0 Å². The van der Waals surface area contributed by atoms with Gasteiger partial charge in [-0.15, -0.1) is 0 Å². The van der Waals surface area contributed by atoms with Crippen molar-refractivity contribution in [1.82, 2.24) is 0 Å². The van der Waals surface area contributed by atoms with E-state index >= 15 is 0 Å². The van der Waals surface area contributed by atoms with Crippen molar-refractivity contribution in [1.29, 1.82) is 0 Å². The molecule has 2 heteroatoms. The van der Waals surface area contributed by atoms with Crippen LogP contribution in [0.1, 0.15) is 106 Å². The zero-order chi connectivity index (χ0) is 23.3. The SMILES string of the molecule is C=C(C)[C@H]1CC[C@@]2(CO)CC[C@]3(C)[C@H](CC[C@H]4[C@@]5(C)CC[C@H](O)C(C)(C)[C@H]5CC[C@@]43C)[C@@H]12. The number of allylic oxidation sites excluding steroid dienone is 1. The minimum atomic E-state index is -0.147. The topological polar surface area (TPSA) is 40.5 Å². The largest absolute Gasteiger partial charge is 0.396 e. The minimum absolute atomic E-state index is 0.0290. The van der Waals surface area contributed by atoms with Gasteiger partial charge in [-0.05, 0) is 128 Å². The van der Waals surface area contributed by atoms with Crippen LogP contribution in [0.4, 0.5) is 0 Å². The van der Waals surface area contributed by atoms with Crippen molar-refractivity contribution in [3.63, 3.8) is 0 Å². The molecule has 182 valence electrons. The predicted molar refractivity (Wildman–Crippen MR) is 132 cm³/mol. The molecular formula is C30H50O2. The van der Waals surface area contributed by atoms with Crippen LogP contribution < -0.4 is 0 Å².